The molecule has 5 nitrogen and oxygen atoms in total. The molecule has 4 rings (SSSR count). The van der Waals surface area contributed by atoms with E-state index in [1.165, 1.54) is 0 Å². The summed E-state index contributed by atoms with van der Waals surface area (Å²) in [4.78, 5) is 21.1. The number of hydrogen-bond donors (Lipinski definition) is 0. The van der Waals surface area contributed by atoms with Crippen LogP contribution in [0, 0.1) is 0 Å². The molecule has 5 heteroatoms. The Hall–Kier alpha value is -3.34. The van der Waals surface area contributed by atoms with Crippen molar-refractivity contribution in [1.82, 2.24) is 9.88 Å². The Morgan fingerprint density at radius 3 is 2.48 bits per heavy atom. The number of benzene rings is 2. The topological polar surface area (TPSA) is 45.7 Å². The average Bonchev–Trinajstić information content (AvgIpc) is 3.28. The second-order valence-electron chi connectivity index (χ2n) is 7.24. The first-order valence-electron chi connectivity index (χ1n) is 9.94. The summed E-state index contributed by atoms with van der Waals surface area (Å²) >= 11 is 0. The molecule has 0 bridgehead atoms. The van der Waals surface area contributed by atoms with Crippen molar-refractivity contribution in [1.29, 1.82) is 0 Å². The van der Waals surface area contributed by atoms with Crippen molar-refractivity contribution >= 4 is 17.6 Å². The van der Waals surface area contributed by atoms with Crippen molar-refractivity contribution in [3.63, 3.8) is 0 Å². The van der Waals surface area contributed by atoms with Crippen LogP contribution in [0.15, 0.2) is 79.0 Å². The molecule has 0 radical (unpaired) electrons. The highest BCUT2D eigenvalue weighted by Crippen LogP contribution is 2.33. The Labute approximate surface area is 171 Å². The zero-order chi connectivity index (χ0) is 20.1. The molecule has 1 aromatic heterocycles. The molecule has 0 saturated carbocycles. The lowest BCUT2D eigenvalue weighted by molar-refractivity contribution is 0.0920. The van der Waals surface area contributed by atoms with Gasteiger partial charge < -0.3 is 14.5 Å². The highest BCUT2D eigenvalue weighted by atomic mass is 16.6. The normalized spacial score (nSPS) is 15.9. The summed E-state index contributed by atoms with van der Waals surface area (Å²) < 4.78 is 5.54. The number of carbonyl (C=O) groups is 1. The van der Waals surface area contributed by atoms with E-state index in [1.807, 2.05) is 77.6 Å². The summed E-state index contributed by atoms with van der Waals surface area (Å²) in [5.41, 5.74) is 3.12. The van der Waals surface area contributed by atoms with Crippen LogP contribution < -0.4 is 4.90 Å². The number of likely N-dealkylation sites (tertiary alicyclic amines) is 1. The number of nitrogens with zero attached hydrogens (tertiary/aromatic N) is 3. The maximum Gasteiger partial charge on any atom is 0.410 e. The van der Waals surface area contributed by atoms with E-state index in [0.717, 1.165) is 35.5 Å². The Morgan fingerprint density at radius 1 is 1.07 bits per heavy atom. The standard InChI is InChI=1S/C24H25N3O2/c1-26(21-11-6-3-7-12-21)23-15-14-20(17-25-23)22-13-8-16-27(22)24(28)29-18-19-9-4-2-5-10-19/h2-7,9-12,14-15,17,22H,8,13,16,18H2,1H3/t22-/m1/s1. The second-order valence-corrected chi connectivity index (χ2v) is 7.24. The fourth-order valence-corrected chi connectivity index (χ4v) is 3.71. The highest BCUT2D eigenvalue weighted by molar-refractivity contribution is 5.69. The molecule has 1 saturated heterocycles. The van der Waals surface area contributed by atoms with E-state index in [1.54, 1.807) is 0 Å². The zero-order valence-electron chi connectivity index (χ0n) is 16.6. The Morgan fingerprint density at radius 2 is 1.79 bits per heavy atom. The van der Waals surface area contributed by atoms with Crippen molar-refractivity contribution in [2.45, 2.75) is 25.5 Å². The summed E-state index contributed by atoms with van der Waals surface area (Å²) in [6.07, 6.45) is 3.51. The molecule has 2 aromatic carbocycles. The summed E-state index contributed by atoms with van der Waals surface area (Å²) in [7, 11) is 2.00. The number of hydrogen-bond acceptors (Lipinski definition) is 4. The van der Waals surface area contributed by atoms with Crippen LogP contribution in [0.25, 0.3) is 0 Å². The van der Waals surface area contributed by atoms with Crippen molar-refractivity contribution in [2.75, 3.05) is 18.5 Å². The molecule has 29 heavy (non-hydrogen) atoms. The lowest BCUT2D eigenvalue weighted by Gasteiger charge is -2.25. The minimum absolute atomic E-state index is 0.0156. The Kier molecular flexibility index (Phi) is 5.75. The third kappa shape index (κ3) is 4.40. The van der Waals surface area contributed by atoms with E-state index < -0.39 is 0 Å². The molecule has 1 amide bonds. The minimum Gasteiger partial charge on any atom is -0.445 e. The summed E-state index contributed by atoms with van der Waals surface area (Å²) in [5, 5.41) is 0. The fourth-order valence-electron chi connectivity index (χ4n) is 3.71. The highest BCUT2D eigenvalue weighted by Gasteiger charge is 2.31. The van der Waals surface area contributed by atoms with Crippen LogP contribution in [0.2, 0.25) is 0 Å². The van der Waals surface area contributed by atoms with Gasteiger partial charge in [0, 0.05) is 25.5 Å². The first-order valence-corrected chi connectivity index (χ1v) is 9.94. The molecule has 0 N–H and O–H groups in total. The van der Waals surface area contributed by atoms with Crippen LogP contribution in [0.1, 0.15) is 30.0 Å². The molecule has 0 aliphatic carbocycles. The third-order valence-corrected chi connectivity index (χ3v) is 5.34. The van der Waals surface area contributed by atoms with Gasteiger partial charge in [-0.15, -0.1) is 0 Å². The third-order valence-electron chi connectivity index (χ3n) is 5.34. The van der Waals surface area contributed by atoms with E-state index in [4.69, 9.17) is 4.74 Å². The SMILES string of the molecule is CN(c1ccccc1)c1ccc([C@H]2CCCN2C(=O)OCc2ccccc2)cn1. The Balaban J connectivity index is 1.42. The van der Waals surface area contributed by atoms with Crippen LogP contribution >= 0.6 is 0 Å². The second kappa shape index (κ2) is 8.78. The van der Waals surface area contributed by atoms with Crippen molar-refractivity contribution < 1.29 is 9.53 Å². The van der Waals surface area contributed by atoms with E-state index >= 15 is 0 Å². The smallest absolute Gasteiger partial charge is 0.410 e. The molecular weight excluding hydrogens is 362 g/mol. The van der Waals surface area contributed by atoms with Crippen molar-refractivity contribution in [2.24, 2.45) is 0 Å². The number of anilines is 2. The van der Waals surface area contributed by atoms with Gasteiger partial charge >= 0.3 is 6.09 Å². The minimum atomic E-state index is -0.262. The summed E-state index contributed by atoms with van der Waals surface area (Å²) in [6.45, 7) is 1.01. The van der Waals surface area contributed by atoms with Crippen molar-refractivity contribution in [3.05, 3.63) is 90.1 Å². The van der Waals surface area contributed by atoms with Crippen LogP contribution in [0.3, 0.4) is 0 Å². The number of aromatic nitrogens is 1. The van der Waals surface area contributed by atoms with Gasteiger partial charge in [0.2, 0.25) is 0 Å². The molecule has 1 aliphatic heterocycles. The number of pyridine rings is 1. The number of ether oxygens (including phenoxy) is 1. The van der Waals surface area contributed by atoms with Crippen molar-refractivity contribution in [3.8, 4) is 0 Å². The summed E-state index contributed by atoms with van der Waals surface area (Å²) in [5.74, 6) is 0.871. The Bertz CT molecular complexity index is 929. The van der Waals surface area contributed by atoms with Crippen LogP contribution in [0.5, 0.6) is 0 Å². The van der Waals surface area contributed by atoms with Gasteiger partial charge in [0.1, 0.15) is 12.4 Å². The van der Waals surface area contributed by atoms with E-state index in [2.05, 4.69) is 23.2 Å². The predicted octanol–water partition coefficient (Wildman–Crippen LogP) is 5.32. The van der Waals surface area contributed by atoms with Gasteiger partial charge in [0.25, 0.3) is 0 Å². The molecule has 0 unspecified atom stereocenters. The van der Waals surface area contributed by atoms with E-state index in [9.17, 15) is 4.79 Å². The first-order chi connectivity index (χ1) is 14.2. The van der Waals surface area contributed by atoms with Gasteiger partial charge in [-0.25, -0.2) is 9.78 Å². The molecule has 148 valence electrons. The largest absolute Gasteiger partial charge is 0.445 e. The lowest BCUT2D eigenvalue weighted by atomic mass is 10.1. The van der Waals surface area contributed by atoms with E-state index in [-0.39, 0.29) is 12.1 Å². The van der Waals surface area contributed by atoms with E-state index in [0.29, 0.717) is 13.2 Å². The molecule has 2 heterocycles. The van der Waals surface area contributed by atoms with Crippen LogP contribution in [0.4, 0.5) is 16.3 Å². The average molecular weight is 387 g/mol. The van der Waals surface area contributed by atoms with Gasteiger partial charge in [0.05, 0.1) is 6.04 Å². The molecular formula is C24H25N3O2. The van der Waals surface area contributed by atoms with Gasteiger partial charge in [-0.1, -0.05) is 54.6 Å². The zero-order valence-corrected chi connectivity index (χ0v) is 16.6. The first kappa shape index (κ1) is 19.0. The van der Waals surface area contributed by atoms with Crippen LogP contribution in [-0.4, -0.2) is 29.6 Å². The molecule has 1 aliphatic rings. The maximum absolute atomic E-state index is 12.6. The maximum atomic E-state index is 12.6. The number of para-hydroxylation sites is 1. The molecule has 1 fully saturated rings. The predicted molar refractivity (Wildman–Crippen MR) is 114 cm³/mol. The fraction of sp³-hybridized carbons (Fsp3) is 0.250. The van der Waals surface area contributed by atoms with Gasteiger partial charge in [-0.3, -0.25) is 0 Å². The van der Waals surface area contributed by atoms with Gasteiger partial charge in [-0.05, 0) is 42.2 Å². The lowest BCUT2D eigenvalue weighted by Crippen LogP contribution is -2.31. The summed E-state index contributed by atoms with van der Waals surface area (Å²) in [6, 6.07) is 24.0. The van der Waals surface area contributed by atoms with Gasteiger partial charge in [-0.2, -0.15) is 0 Å². The quantitative estimate of drug-likeness (QED) is 0.594. The molecule has 1 atom stereocenters. The molecule has 3 aromatic rings. The van der Waals surface area contributed by atoms with Gasteiger partial charge in [0.15, 0.2) is 0 Å². The number of amides is 1. The number of rotatable bonds is 5. The monoisotopic (exact) mass is 387 g/mol. The van der Waals surface area contributed by atoms with Crippen LogP contribution in [-0.2, 0) is 11.3 Å². The number of carbonyl (C=O) groups excluding carboxylic acids is 1. The molecule has 0 spiro atoms.